The summed E-state index contributed by atoms with van der Waals surface area (Å²) >= 11 is 0. The van der Waals surface area contributed by atoms with Crippen LogP contribution in [0.2, 0.25) is 0 Å². The van der Waals surface area contributed by atoms with Crippen molar-refractivity contribution in [3.8, 4) is 11.1 Å². The molecule has 0 unspecified atom stereocenters. The molecule has 0 atom stereocenters. The first-order valence-electron chi connectivity index (χ1n) is 8.29. The summed E-state index contributed by atoms with van der Waals surface area (Å²) in [5, 5.41) is 9.29. The van der Waals surface area contributed by atoms with E-state index in [1.54, 1.807) is 6.92 Å². The second-order valence-corrected chi connectivity index (χ2v) is 6.04. The van der Waals surface area contributed by atoms with Crippen LogP contribution in [0.15, 0.2) is 64.5 Å². The van der Waals surface area contributed by atoms with Crippen molar-refractivity contribution in [2.45, 2.75) is 20.3 Å². The van der Waals surface area contributed by atoms with Crippen LogP contribution in [-0.4, -0.2) is 21.8 Å². The van der Waals surface area contributed by atoms with Gasteiger partial charge in [0.2, 0.25) is 5.91 Å². The van der Waals surface area contributed by atoms with Crippen LogP contribution in [0, 0.1) is 6.92 Å². The van der Waals surface area contributed by atoms with Crippen molar-refractivity contribution in [1.29, 1.82) is 0 Å². The maximum absolute atomic E-state index is 12.0. The highest BCUT2D eigenvalue weighted by atomic mass is 16.2. The molecule has 1 amide bonds. The maximum atomic E-state index is 12.0. The first-order chi connectivity index (χ1) is 12.5. The molecule has 1 aromatic heterocycles. The van der Waals surface area contributed by atoms with Gasteiger partial charge in [-0.25, -0.2) is 5.43 Å². The number of aromatic amines is 2. The molecular formula is C20H20N4O2. The first kappa shape index (κ1) is 17.4. The fraction of sp³-hybridized carbons (Fsp3) is 0.150. The van der Waals surface area contributed by atoms with Gasteiger partial charge in [-0.15, -0.1) is 0 Å². The molecule has 0 fully saturated rings. The van der Waals surface area contributed by atoms with Crippen molar-refractivity contribution in [2.24, 2.45) is 5.10 Å². The quantitative estimate of drug-likeness (QED) is 0.489. The van der Waals surface area contributed by atoms with Crippen LogP contribution in [0.4, 0.5) is 0 Å². The second kappa shape index (κ2) is 7.65. The van der Waals surface area contributed by atoms with Crippen molar-refractivity contribution >= 4 is 11.6 Å². The van der Waals surface area contributed by atoms with Crippen LogP contribution in [0.3, 0.4) is 0 Å². The molecule has 1 heterocycles. The molecule has 3 aromatic rings. The Morgan fingerprint density at radius 1 is 1.00 bits per heavy atom. The summed E-state index contributed by atoms with van der Waals surface area (Å²) in [6, 6.07) is 18.1. The Balaban J connectivity index is 1.66. The number of aromatic nitrogens is 2. The van der Waals surface area contributed by atoms with Crippen LogP contribution in [0.25, 0.3) is 11.1 Å². The van der Waals surface area contributed by atoms with E-state index in [0.29, 0.717) is 17.0 Å². The minimum Gasteiger partial charge on any atom is -0.302 e. The van der Waals surface area contributed by atoms with E-state index in [1.807, 2.05) is 49.4 Å². The van der Waals surface area contributed by atoms with Crippen LogP contribution in [0.1, 0.15) is 23.7 Å². The molecule has 6 nitrogen and oxygen atoms in total. The van der Waals surface area contributed by atoms with Gasteiger partial charge in [0.25, 0.3) is 5.56 Å². The molecule has 0 aliphatic rings. The highest BCUT2D eigenvalue weighted by Crippen LogP contribution is 2.19. The molecule has 0 aliphatic heterocycles. The van der Waals surface area contributed by atoms with E-state index in [0.717, 1.165) is 16.7 Å². The highest BCUT2D eigenvalue weighted by Gasteiger charge is 2.11. The van der Waals surface area contributed by atoms with Gasteiger partial charge in [-0.3, -0.25) is 14.7 Å². The lowest BCUT2D eigenvalue weighted by Crippen LogP contribution is -2.24. The van der Waals surface area contributed by atoms with Gasteiger partial charge in [-0.2, -0.15) is 5.10 Å². The van der Waals surface area contributed by atoms with Crippen molar-refractivity contribution in [3.05, 3.63) is 81.8 Å². The van der Waals surface area contributed by atoms with Gasteiger partial charge in [-0.1, -0.05) is 54.6 Å². The zero-order valence-electron chi connectivity index (χ0n) is 14.7. The predicted molar refractivity (Wildman–Crippen MR) is 102 cm³/mol. The van der Waals surface area contributed by atoms with Crippen molar-refractivity contribution < 1.29 is 4.79 Å². The lowest BCUT2D eigenvalue weighted by atomic mass is 10.0. The Kier molecular flexibility index (Phi) is 5.12. The highest BCUT2D eigenvalue weighted by molar-refractivity contribution is 5.99. The van der Waals surface area contributed by atoms with E-state index < -0.39 is 0 Å². The lowest BCUT2D eigenvalue weighted by Gasteiger charge is -2.05. The minimum absolute atomic E-state index is 0.0195. The summed E-state index contributed by atoms with van der Waals surface area (Å²) in [4.78, 5) is 23.6. The molecule has 6 heteroatoms. The third-order valence-electron chi connectivity index (χ3n) is 4.19. The Morgan fingerprint density at radius 2 is 1.65 bits per heavy atom. The van der Waals surface area contributed by atoms with Crippen LogP contribution < -0.4 is 11.0 Å². The molecule has 3 N–H and O–H groups in total. The van der Waals surface area contributed by atoms with Crippen LogP contribution >= 0.6 is 0 Å². The standard InChI is InChI=1S/C20H20N4O2/c1-13(21-23-19(25)12-18-14(2)22-24-20(18)26)15-8-10-17(11-9-15)16-6-4-3-5-7-16/h3-11H,12H2,1-2H3,(H,23,25)(H2,22,24,26)/b21-13+. The number of rotatable bonds is 5. The van der Waals surface area contributed by atoms with E-state index >= 15 is 0 Å². The summed E-state index contributed by atoms with van der Waals surface area (Å²) in [5.41, 5.74) is 7.17. The van der Waals surface area contributed by atoms with E-state index in [9.17, 15) is 9.59 Å². The molecule has 3 rings (SSSR count). The second-order valence-electron chi connectivity index (χ2n) is 6.04. The monoisotopic (exact) mass is 348 g/mol. The molecule has 0 saturated heterocycles. The number of aryl methyl sites for hydroxylation is 1. The maximum Gasteiger partial charge on any atom is 0.267 e. The zero-order chi connectivity index (χ0) is 18.5. The SMILES string of the molecule is C/C(=N\NC(=O)Cc1c(C)[nH][nH]c1=O)c1ccc(-c2ccccc2)cc1. The topological polar surface area (TPSA) is 90.1 Å². The van der Waals surface area contributed by atoms with E-state index in [2.05, 4.69) is 32.9 Å². The number of hydrogen-bond acceptors (Lipinski definition) is 3. The van der Waals surface area contributed by atoms with Gasteiger partial charge in [0.15, 0.2) is 0 Å². The number of hydrogen-bond donors (Lipinski definition) is 3. The molecular weight excluding hydrogens is 328 g/mol. The fourth-order valence-corrected chi connectivity index (χ4v) is 2.63. The number of nitrogens with one attached hydrogen (secondary N) is 3. The number of benzene rings is 2. The average Bonchev–Trinajstić information content (AvgIpc) is 2.99. The zero-order valence-corrected chi connectivity index (χ0v) is 14.7. The third-order valence-corrected chi connectivity index (χ3v) is 4.19. The minimum atomic E-state index is -0.335. The van der Waals surface area contributed by atoms with Crippen LogP contribution in [-0.2, 0) is 11.2 Å². The van der Waals surface area contributed by atoms with Gasteiger partial charge in [-0.05, 0) is 30.5 Å². The van der Waals surface area contributed by atoms with E-state index in [4.69, 9.17) is 0 Å². The summed E-state index contributed by atoms with van der Waals surface area (Å²) < 4.78 is 0. The number of nitrogens with zero attached hydrogens (tertiary/aromatic N) is 1. The Hall–Kier alpha value is -3.41. The fourth-order valence-electron chi connectivity index (χ4n) is 2.63. The summed E-state index contributed by atoms with van der Waals surface area (Å²) in [6.45, 7) is 3.56. The van der Waals surface area contributed by atoms with Crippen molar-refractivity contribution in [2.75, 3.05) is 0 Å². The van der Waals surface area contributed by atoms with Gasteiger partial charge < -0.3 is 5.10 Å². The molecule has 0 saturated carbocycles. The summed E-state index contributed by atoms with van der Waals surface area (Å²) in [5.74, 6) is -0.335. The number of carbonyl (C=O) groups excluding carboxylic acids is 1. The van der Waals surface area contributed by atoms with Crippen molar-refractivity contribution in [3.63, 3.8) is 0 Å². The molecule has 0 aliphatic carbocycles. The molecule has 0 radical (unpaired) electrons. The molecule has 0 bridgehead atoms. The lowest BCUT2D eigenvalue weighted by molar-refractivity contribution is -0.120. The van der Waals surface area contributed by atoms with Gasteiger partial charge in [0.1, 0.15) is 0 Å². The summed E-state index contributed by atoms with van der Waals surface area (Å²) in [7, 11) is 0. The Labute approximate surface area is 151 Å². The number of carbonyl (C=O) groups is 1. The van der Waals surface area contributed by atoms with Crippen molar-refractivity contribution in [1.82, 2.24) is 15.6 Å². The number of H-pyrrole nitrogens is 2. The van der Waals surface area contributed by atoms with E-state index in [1.165, 1.54) is 0 Å². The average molecular weight is 348 g/mol. The smallest absolute Gasteiger partial charge is 0.267 e. The van der Waals surface area contributed by atoms with E-state index in [-0.39, 0.29) is 17.9 Å². The summed E-state index contributed by atoms with van der Waals surface area (Å²) in [6.07, 6.45) is -0.0195. The number of amides is 1. The Bertz CT molecular complexity index is 983. The van der Waals surface area contributed by atoms with Crippen LogP contribution in [0.5, 0.6) is 0 Å². The number of hydrazone groups is 1. The molecule has 2 aromatic carbocycles. The normalized spacial score (nSPS) is 11.4. The van der Waals surface area contributed by atoms with Gasteiger partial charge in [0, 0.05) is 11.3 Å². The molecule has 0 spiro atoms. The first-order valence-corrected chi connectivity index (χ1v) is 8.29. The van der Waals surface area contributed by atoms with Gasteiger partial charge >= 0.3 is 0 Å². The Morgan fingerprint density at radius 3 is 2.27 bits per heavy atom. The largest absolute Gasteiger partial charge is 0.302 e. The third kappa shape index (κ3) is 3.97. The molecule has 132 valence electrons. The predicted octanol–water partition coefficient (Wildman–Crippen LogP) is 2.76. The van der Waals surface area contributed by atoms with Gasteiger partial charge in [0.05, 0.1) is 12.1 Å². The molecule has 26 heavy (non-hydrogen) atoms.